The van der Waals surface area contributed by atoms with Crippen LogP contribution in [0, 0.1) is 6.92 Å². The van der Waals surface area contributed by atoms with Gasteiger partial charge in [-0.3, -0.25) is 0 Å². The molecule has 1 fully saturated rings. The molecule has 0 bridgehead atoms. The van der Waals surface area contributed by atoms with E-state index in [0.717, 1.165) is 18.1 Å². The van der Waals surface area contributed by atoms with Crippen LogP contribution in [0.25, 0.3) is 0 Å². The highest BCUT2D eigenvalue weighted by molar-refractivity contribution is 5.85. The van der Waals surface area contributed by atoms with E-state index in [4.69, 9.17) is 4.42 Å². The van der Waals surface area contributed by atoms with Crippen LogP contribution in [0.1, 0.15) is 36.8 Å². The Kier molecular flexibility index (Phi) is 3.82. The van der Waals surface area contributed by atoms with Crippen molar-refractivity contribution >= 4 is 12.4 Å². The molecule has 0 radical (unpaired) electrons. The highest BCUT2D eigenvalue weighted by Crippen LogP contribution is 2.24. The van der Waals surface area contributed by atoms with E-state index in [9.17, 15) is 0 Å². The van der Waals surface area contributed by atoms with E-state index in [0.29, 0.717) is 6.04 Å². The van der Waals surface area contributed by atoms with Gasteiger partial charge in [0.05, 0.1) is 6.04 Å². The minimum absolute atomic E-state index is 0. The lowest BCUT2D eigenvalue weighted by Crippen LogP contribution is -2.26. The molecule has 0 spiro atoms. The van der Waals surface area contributed by atoms with Gasteiger partial charge in [0.25, 0.3) is 0 Å². The van der Waals surface area contributed by atoms with Crippen LogP contribution in [-0.2, 0) is 0 Å². The van der Waals surface area contributed by atoms with Crippen molar-refractivity contribution in [3.63, 3.8) is 0 Å². The van der Waals surface area contributed by atoms with E-state index >= 15 is 0 Å². The summed E-state index contributed by atoms with van der Waals surface area (Å²) in [4.78, 5) is 0. The van der Waals surface area contributed by atoms with E-state index in [1.807, 2.05) is 13.0 Å². The first-order chi connectivity index (χ1) is 5.86. The first-order valence-corrected chi connectivity index (χ1v) is 4.66. The molecule has 3 heteroatoms. The number of halogens is 1. The van der Waals surface area contributed by atoms with Crippen LogP contribution in [0.3, 0.4) is 0 Å². The standard InChI is InChI=1S/C10H15NO.ClH/c1-8-5-6-10(12-8)9-4-2-3-7-11-9;/h5-6,9,11H,2-4,7H2,1H3;1H/t9-;/m0./s1. The van der Waals surface area contributed by atoms with Crippen molar-refractivity contribution in [2.75, 3.05) is 6.54 Å². The summed E-state index contributed by atoms with van der Waals surface area (Å²) in [6.07, 6.45) is 3.83. The lowest BCUT2D eigenvalue weighted by molar-refractivity contribution is 0.343. The number of aryl methyl sites for hydroxylation is 1. The van der Waals surface area contributed by atoms with Gasteiger partial charge in [-0.05, 0) is 38.4 Å². The summed E-state index contributed by atoms with van der Waals surface area (Å²) in [5, 5.41) is 3.45. The van der Waals surface area contributed by atoms with E-state index in [1.54, 1.807) is 0 Å². The second kappa shape index (κ2) is 4.68. The van der Waals surface area contributed by atoms with Crippen molar-refractivity contribution in [3.05, 3.63) is 23.7 Å². The summed E-state index contributed by atoms with van der Waals surface area (Å²) in [5.74, 6) is 2.12. The molecule has 1 N–H and O–H groups in total. The Balaban J connectivity index is 0.000000845. The maximum atomic E-state index is 5.56. The molecule has 1 aliphatic rings. The fraction of sp³-hybridized carbons (Fsp3) is 0.600. The lowest BCUT2D eigenvalue weighted by Gasteiger charge is -2.21. The third-order valence-corrected chi connectivity index (χ3v) is 2.41. The third kappa shape index (κ3) is 2.48. The lowest BCUT2D eigenvalue weighted by atomic mass is 10.0. The van der Waals surface area contributed by atoms with Gasteiger partial charge < -0.3 is 9.73 Å². The average Bonchev–Trinajstić information content (AvgIpc) is 2.54. The molecule has 13 heavy (non-hydrogen) atoms. The number of nitrogens with one attached hydrogen (secondary N) is 1. The Morgan fingerprint density at radius 1 is 1.38 bits per heavy atom. The Hall–Kier alpha value is -0.470. The van der Waals surface area contributed by atoms with Crippen LogP contribution in [-0.4, -0.2) is 6.54 Å². The molecule has 2 rings (SSSR count). The fourth-order valence-corrected chi connectivity index (χ4v) is 1.74. The van der Waals surface area contributed by atoms with Gasteiger partial charge in [-0.25, -0.2) is 0 Å². The van der Waals surface area contributed by atoms with Crippen molar-refractivity contribution in [2.24, 2.45) is 0 Å². The van der Waals surface area contributed by atoms with Crippen molar-refractivity contribution in [1.82, 2.24) is 5.32 Å². The van der Waals surface area contributed by atoms with Crippen LogP contribution in [0.2, 0.25) is 0 Å². The van der Waals surface area contributed by atoms with E-state index in [1.165, 1.54) is 19.3 Å². The van der Waals surface area contributed by atoms with Gasteiger partial charge in [0, 0.05) is 0 Å². The largest absolute Gasteiger partial charge is 0.465 e. The molecule has 0 saturated carbocycles. The fourth-order valence-electron chi connectivity index (χ4n) is 1.74. The molecule has 0 aromatic carbocycles. The van der Waals surface area contributed by atoms with Gasteiger partial charge >= 0.3 is 0 Å². The van der Waals surface area contributed by atoms with Crippen molar-refractivity contribution in [3.8, 4) is 0 Å². The monoisotopic (exact) mass is 201 g/mol. The van der Waals surface area contributed by atoms with Crippen molar-refractivity contribution < 1.29 is 4.42 Å². The molecule has 1 aromatic rings. The zero-order chi connectivity index (χ0) is 8.39. The van der Waals surface area contributed by atoms with Crippen LogP contribution < -0.4 is 5.32 Å². The summed E-state index contributed by atoms with van der Waals surface area (Å²) < 4.78 is 5.56. The molecule has 1 aromatic heterocycles. The normalized spacial score (nSPS) is 22.4. The third-order valence-electron chi connectivity index (χ3n) is 2.41. The molecular formula is C10H16ClNO. The highest BCUT2D eigenvalue weighted by Gasteiger charge is 2.16. The van der Waals surface area contributed by atoms with E-state index in [2.05, 4.69) is 11.4 Å². The van der Waals surface area contributed by atoms with Gasteiger partial charge in [0.1, 0.15) is 11.5 Å². The molecule has 0 amide bonds. The smallest absolute Gasteiger partial charge is 0.121 e. The molecular weight excluding hydrogens is 186 g/mol. The zero-order valence-corrected chi connectivity index (χ0v) is 8.69. The number of rotatable bonds is 1. The quantitative estimate of drug-likeness (QED) is 0.756. The second-order valence-corrected chi connectivity index (χ2v) is 3.45. The summed E-state index contributed by atoms with van der Waals surface area (Å²) in [5.41, 5.74) is 0. The number of furan rings is 1. The minimum Gasteiger partial charge on any atom is -0.465 e. The molecule has 2 heterocycles. The van der Waals surface area contributed by atoms with Crippen LogP contribution in [0.5, 0.6) is 0 Å². The highest BCUT2D eigenvalue weighted by atomic mass is 35.5. The van der Waals surface area contributed by atoms with Crippen LogP contribution in [0.4, 0.5) is 0 Å². The Labute approximate surface area is 85.1 Å². The maximum Gasteiger partial charge on any atom is 0.121 e. The molecule has 1 saturated heterocycles. The predicted molar refractivity (Wildman–Crippen MR) is 55.3 cm³/mol. The molecule has 0 aliphatic carbocycles. The van der Waals surface area contributed by atoms with Gasteiger partial charge in [0.15, 0.2) is 0 Å². The molecule has 1 aliphatic heterocycles. The first kappa shape index (κ1) is 10.6. The predicted octanol–water partition coefficient (Wildman–Crippen LogP) is 2.82. The van der Waals surface area contributed by atoms with E-state index in [-0.39, 0.29) is 12.4 Å². The Morgan fingerprint density at radius 3 is 2.77 bits per heavy atom. The molecule has 2 nitrogen and oxygen atoms in total. The molecule has 1 atom stereocenters. The van der Waals surface area contributed by atoms with Crippen molar-refractivity contribution in [2.45, 2.75) is 32.2 Å². The summed E-state index contributed by atoms with van der Waals surface area (Å²) >= 11 is 0. The maximum absolute atomic E-state index is 5.56. The molecule has 74 valence electrons. The van der Waals surface area contributed by atoms with Crippen LogP contribution in [0.15, 0.2) is 16.5 Å². The van der Waals surface area contributed by atoms with Crippen LogP contribution >= 0.6 is 12.4 Å². The van der Waals surface area contributed by atoms with Gasteiger partial charge in [-0.1, -0.05) is 6.42 Å². The van der Waals surface area contributed by atoms with Gasteiger partial charge in [-0.15, -0.1) is 12.4 Å². The summed E-state index contributed by atoms with van der Waals surface area (Å²) in [6.45, 7) is 3.12. The molecule has 0 unspecified atom stereocenters. The Morgan fingerprint density at radius 2 is 2.23 bits per heavy atom. The first-order valence-electron chi connectivity index (χ1n) is 4.66. The number of hydrogen-bond acceptors (Lipinski definition) is 2. The second-order valence-electron chi connectivity index (χ2n) is 3.45. The average molecular weight is 202 g/mol. The minimum atomic E-state index is 0. The number of piperidine rings is 1. The summed E-state index contributed by atoms with van der Waals surface area (Å²) in [7, 11) is 0. The zero-order valence-electron chi connectivity index (χ0n) is 7.88. The van der Waals surface area contributed by atoms with E-state index < -0.39 is 0 Å². The van der Waals surface area contributed by atoms with Gasteiger partial charge in [0.2, 0.25) is 0 Å². The van der Waals surface area contributed by atoms with Gasteiger partial charge in [-0.2, -0.15) is 0 Å². The topological polar surface area (TPSA) is 25.2 Å². The Bertz CT molecular complexity index is 253. The SMILES string of the molecule is Cc1ccc([C@@H]2CCCCN2)o1.Cl. The number of hydrogen-bond donors (Lipinski definition) is 1. The summed E-state index contributed by atoms with van der Waals surface area (Å²) in [6, 6.07) is 4.58. The van der Waals surface area contributed by atoms with Crippen molar-refractivity contribution in [1.29, 1.82) is 0 Å².